The van der Waals surface area contributed by atoms with E-state index in [1.165, 1.54) is 77.0 Å². The molecule has 27 heavy (non-hydrogen) atoms. The highest BCUT2D eigenvalue weighted by Crippen LogP contribution is 2.24. The summed E-state index contributed by atoms with van der Waals surface area (Å²) in [5.41, 5.74) is 7.23. The van der Waals surface area contributed by atoms with E-state index in [2.05, 4.69) is 6.92 Å². The summed E-state index contributed by atoms with van der Waals surface area (Å²) >= 11 is 0. The molecule has 1 unspecified atom stereocenters. The Morgan fingerprint density at radius 2 is 1.19 bits per heavy atom. The van der Waals surface area contributed by atoms with Crippen molar-refractivity contribution in [2.24, 2.45) is 0 Å². The number of anilines is 1. The van der Waals surface area contributed by atoms with Crippen molar-refractivity contribution in [3.63, 3.8) is 0 Å². The zero-order valence-corrected chi connectivity index (χ0v) is 17.4. The molecule has 0 spiro atoms. The predicted molar refractivity (Wildman–Crippen MR) is 116 cm³/mol. The SMILES string of the molecule is CCCCCCCCCCCCCCCCC(C(=O)O)c1ccc(N)cc1. The van der Waals surface area contributed by atoms with Gasteiger partial charge in [-0.1, -0.05) is 109 Å². The van der Waals surface area contributed by atoms with E-state index in [0.717, 1.165) is 24.8 Å². The van der Waals surface area contributed by atoms with Gasteiger partial charge in [0.15, 0.2) is 0 Å². The Labute approximate surface area is 166 Å². The molecule has 0 saturated heterocycles. The largest absolute Gasteiger partial charge is 0.481 e. The van der Waals surface area contributed by atoms with Gasteiger partial charge in [-0.2, -0.15) is 0 Å². The monoisotopic (exact) mass is 375 g/mol. The van der Waals surface area contributed by atoms with Crippen molar-refractivity contribution in [2.45, 2.75) is 109 Å². The van der Waals surface area contributed by atoms with Crippen molar-refractivity contribution in [3.05, 3.63) is 29.8 Å². The predicted octanol–water partition coefficient (Wildman–Crippen LogP) is 7.31. The van der Waals surface area contributed by atoms with Gasteiger partial charge < -0.3 is 10.8 Å². The summed E-state index contributed by atoms with van der Waals surface area (Å²) in [6.07, 6.45) is 19.2. The highest BCUT2D eigenvalue weighted by molar-refractivity contribution is 5.76. The molecule has 3 nitrogen and oxygen atoms in total. The van der Waals surface area contributed by atoms with Crippen LogP contribution in [0.25, 0.3) is 0 Å². The van der Waals surface area contributed by atoms with Crippen molar-refractivity contribution >= 4 is 11.7 Å². The van der Waals surface area contributed by atoms with Crippen molar-refractivity contribution in [1.29, 1.82) is 0 Å². The molecule has 3 heteroatoms. The van der Waals surface area contributed by atoms with E-state index in [4.69, 9.17) is 5.73 Å². The van der Waals surface area contributed by atoms with E-state index in [1.54, 1.807) is 12.1 Å². The smallest absolute Gasteiger partial charge is 0.310 e. The lowest BCUT2D eigenvalue weighted by molar-refractivity contribution is -0.139. The van der Waals surface area contributed by atoms with E-state index in [-0.39, 0.29) is 0 Å². The van der Waals surface area contributed by atoms with Crippen LogP contribution in [0.1, 0.15) is 115 Å². The fraction of sp³-hybridized carbons (Fsp3) is 0.708. The second kappa shape index (κ2) is 15.5. The lowest BCUT2D eigenvalue weighted by atomic mass is 9.93. The van der Waals surface area contributed by atoms with E-state index in [0.29, 0.717) is 5.69 Å². The summed E-state index contributed by atoms with van der Waals surface area (Å²) in [7, 11) is 0. The maximum Gasteiger partial charge on any atom is 0.310 e. The van der Waals surface area contributed by atoms with Gasteiger partial charge in [-0.3, -0.25) is 4.79 Å². The molecule has 0 aliphatic rings. The first-order valence-corrected chi connectivity index (χ1v) is 11.2. The number of hydrogen-bond donors (Lipinski definition) is 2. The number of unbranched alkanes of at least 4 members (excludes halogenated alkanes) is 13. The van der Waals surface area contributed by atoms with Gasteiger partial charge in [-0.25, -0.2) is 0 Å². The van der Waals surface area contributed by atoms with Crippen LogP contribution >= 0.6 is 0 Å². The summed E-state index contributed by atoms with van der Waals surface area (Å²) < 4.78 is 0. The number of benzene rings is 1. The maximum atomic E-state index is 11.5. The molecule has 0 fully saturated rings. The number of rotatable bonds is 17. The first kappa shape index (κ1) is 23.5. The Balaban J connectivity index is 1.98. The van der Waals surface area contributed by atoms with E-state index >= 15 is 0 Å². The van der Waals surface area contributed by atoms with E-state index < -0.39 is 11.9 Å². The van der Waals surface area contributed by atoms with Gasteiger partial charge >= 0.3 is 5.97 Å². The number of carboxylic acid groups (broad SMARTS) is 1. The van der Waals surface area contributed by atoms with Crippen LogP contribution in [0.15, 0.2) is 24.3 Å². The molecule has 0 radical (unpaired) electrons. The highest BCUT2D eigenvalue weighted by Gasteiger charge is 2.18. The Hall–Kier alpha value is -1.51. The Kier molecular flexibility index (Phi) is 13.5. The summed E-state index contributed by atoms with van der Waals surface area (Å²) in [6.45, 7) is 2.27. The Bertz CT molecular complexity index is 484. The van der Waals surface area contributed by atoms with Crippen LogP contribution in [-0.4, -0.2) is 11.1 Å². The number of hydrogen-bond acceptors (Lipinski definition) is 2. The van der Waals surface area contributed by atoms with Gasteiger partial charge in [0, 0.05) is 5.69 Å². The minimum absolute atomic E-state index is 0.400. The van der Waals surface area contributed by atoms with Gasteiger partial charge in [-0.15, -0.1) is 0 Å². The zero-order chi connectivity index (χ0) is 19.7. The summed E-state index contributed by atoms with van der Waals surface area (Å²) in [5.74, 6) is -1.13. The van der Waals surface area contributed by atoms with Gasteiger partial charge in [0.05, 0.1) is 5.92 Å². The molecule has 0 aromatic heterocycles. The van der Waals surface area contributed by atoms with Crippen molar-refractivity contribution in [2.75, 3.05) is 5.73 Å². The van der Waals surface area contributed by atoms with Crippen LogP contribution in [0.2, 0.25) is 0 Å². The molecule has 1 aromatic rings. The first-order chi connectivity index (χ1) is 13.1. The average molecular weight is 376 g/mol. The topological polar surface area (TPSA) is 63.3 Å². The summed E-state index contributed by atoms with van der Waals surface area (Å²) in [6, 6.07) is 7.27. The minimum Gasteiger partial charge on any atom is -0.481 e. The first-order valence-electron chi connectivity index (χ1n) is 11.2. The van der Waals surface area contributed by atoms with E-state index in [9.17, 15) is 9.90 Å². The van der Waals surface area contributed by atoms with Crippen molar-refractivity contribution in [1.82, 2.24) is 0 Å². The van der Waals surface area contributed by atoms with Crippen LogP contribution in [-0.2, 0) is 4.79 Å². The third kappa shape index (κ3) is 11.7. The van der Waals surface area contributed by atoms with Crippen molar-refractivity contribution < 1.29 is 9.90 Å². The summed E-state index contributed by atoms with van der Waals surface area (Å²) in [5, 5.41) is 9.47. The van der Waals surface area contributed by atoms with Crippen LogP contribution in [0.3, 0.4) is 0 Å². The lowest BCUT2D eigenvalue weighted by Crippen LogP contribution is -2.11. The molecule has 0 aliphatic carbocycles. The summed E-state index contributed by atoms with van der Waals surface area (Å²) in [4.78, 5) is 11.5. The van der Waals surface area contributed by atoms with Crippen molar-refractivity contribution in [3.8, 4) is 0 Å². The lowest BCUT2D eigenvalue weighted by Gasteiger charge is -2.13. The minimum atomic E-state index is -0.727. The molecule has 154 valence electrons. The molecule has 0 amide bonds. The molecule has 1 atom stereocenters. The van der Waals surface area contributed by atoms with Crippen LogP contribution in [0.5, 0.6) is 0 Å². The third-order valence-electron chi connectivity index (χ3n) is 5.48. The van der Waals surface area contributed by atoms with Crippen LogP contribution in [0, 0.1) is 0 Å². The molecular formula is C24H41NO2. The molecule has 0 aliphatic heterocycles. The molecule has 0 saturated carbocycles. The van der Waals surface area contributed by atoms with Crippen LogP contribution < -0.4 is 5.73 Å². The normalized spacial score (nSPS) is 12.2. The van der Waals surface area contributed by atoms with Gasteiger partial charge in [0.2, 0.25) is 0 Å². The van der Waals surface area contributed by atoms with Gasteiger partial charge in [0.1, 0.15) is 0 Å². The quantitative estimate of drug-likeness (QED) is 0.222. The van der Waals surface area contributed by atoms with Gasteiger partial charge in [-0.05, 0) is 24.1 Å². The molecule has 0 heterocycles. The zero-order valence-electron chi connectivity index (χ0n) is 17.4. The number of nitrogens with two attached hydrogens (primary N) is 1. The number of carboxylic acids is 1. The van der Waals surface area contributed by atoms with Crippen LogP contribution in [0.4, 0.5) is 5.69 Å². The Morgan fingerprint density at radius 1 is 0.778 bits per heavy atom. The molecular weight excluding hydrogens is 334 g/mol. The number of carbonyl (C=O) groups is 1. The fourth-order valence-electron chi connectivity index (χ4n) is 3.70. The van der Waals surface area contributed by atoms with E-state index in [1.807, 2.05) is 12.1 Å². The highest BCUT2D eigenvalue weighted by atomic mass is 16.4. The molecule has 1 aromatic carbocycles. The third-order valence-corrected chi connectivity index (χ3v) is 5.48. The number of nitrogen functional groups attached to an aromatic ring is 1. The fourth-order valence-corrected chi connectivity index (χ4v) is 3.70. The van der Waals surface area contributed by atoms with Gasteiger partial charge in [0.25, 0.3) is 0 Å². The molecule has 1 rings (SSSR count). The maximum absolute atomic E-state index is 11.5. The molecule has 3 N–H and O–H groups in total. The number of aliphatic carboxylic acids is 1. The average Bonchev–Trinajstić information content (AvgIpc) is 2.66. The standard InChI is InChI=1S/C24H41NO2/c1-2-3-4-5-6-7-8-9-10-11-12-13-14-15-16-23(24(26)27)21-17-19-22(25)20-18-21/h17-20,23H,2-16,25H2,1H3,(H,26,27). The second-order valence-electron chi connectivity index (χ2n) is 7.94. The second-order valence-corrected chi connectivity index (χ2v) is 7.94. The Morgan fingerprint density at radius 3 is 1.59 bits per heavy atom. The molecule has 0 bridgehead atoms.